The van der Waals surface area contributed by atoms with Crippen molar-refractivity contribution in [3.8, 4) is 0 Å². The summed E-state index contributed by atoms with van der Waals surface area (Å²) in [6.45, 7) is 7.58. The molecule has 0 radical (unpaired) electrons. The minimum atomic E-state index is -0.723. The summed E-state index contributed by atoms with van der Waals surface area (Å²) in [5.74, 6) is -1.96. The Morgan fingerprint density at radius 2 is 1.61 bits per heavy atom. The summed E-state index contributed by atoms with van der Waals surface area (Å²) in [6, 6.07) is 23.7. The summed E-state index contributed by atoms with van der Waals surface area (Å²) < 4.78 is 20.0. The Kier molecular flexibility index (Phi) is 10.0. The number of nitrogens with zero attached hydrogens (tertiary/aromatic N) is 3. The molecule has 2 aliphatic rings. The second-order valence-corrected chi connectivity index (χ2v) is 11.1. The highest BCUT2D eigenvalue weighted by Crippen LogP contribution is 2.38. The Bertz CT molecular complexity index is 1540. The molecule has 3 aromatic carbocycles. The maximum absolute atomic E-state index is 14.7. The van der Waals surface area contributed by atoms with E-state index in [4.69, 9.17) is 4.74 Å². The van der Waals surface area contributed by atoms with Crippen LogP contribution < -0.4 is 0 Å². The van der Waals surface area contributed by atoms with E-state index in [2.05, 4.69) is 29.2 Å². The largest absolute Gasteiger partial charge is 0.463 e. The molecule has 2 amide bonds. The summed E-state index contributed by atoms with van der Waals surface area (Å²) in [5, 5.41) is 0. The van der Waals surface area contributed by atoms with E-state index in [0.29, 0.717) is 29.9 Å². The van der Waals surface area contributed by atoms with Gasteiger partial charge in [-0.2, -0.15) is 0 Å². The fourth-order valence-corrected chi connectivity index (χ4v) is 5.85. The third-order valence-electron chi connectivity index (χ3n) is 8.27. The van der Waals surface area contributed by atoms with Gasteiger partial charge in [-0.25, -0.2) is 9.18 Å². The molecule has 0 aliphatic carbocycles. The van der Waals surface area contributed by atoms with E-state index in [1.165, 1.54) is 11.6 Å². The maximum Gasteiger partial charge on any atom is 0.336 e. The average molecular weight is 596 g/mol. The lowest BCUT2D eigenvalue weighted by atomic mass is 9.83. The fraction of sp³-hybridized carbons (Fsp3) is 0.306. The summed E-state index contributed by atoms with van der Waals surface area (Å²) in [5.41, 5.74) is 3.62. The van der Waals surface area contributed by atoms with Crippen molar-refractivity contribution in [3.05, 3.63) is 124 Å². The Morgan fingerprint density at radius 3 is 2.30 bits per heavy atom. The highest BCUT2D eigenvalue weighted by molar-refractivity contribution is 5.96. The van der Waals surface area contributed by atoms with E-state index in [1.54, 1.807) is 49.1 Å². The van der Waals surface area contributed by atoms with Crippen molar-refractivity contribution in [1.29, 1.82) is 0 Å². The Labute approximate surface area is 258 Å². The number of carbonyl (C=O) groups is 3. The van der Waals surface area contributed by atoms with E-state index >= 15 is 0 Å². The summed E-state index contributed by atoms with van der Waals surface area (Å²) in [4.78, 5) is 45.3. The second-order valence-electron chi connectivity index (χ2n) is 11.1. The highest BCUT2D eigenvalue weighted by atomic mass is 19.1. The molecular formula is C36H38FN3O4. The van der Waals surface area contributed by atoms with Gasteiger partial charge in [0.2, 0.25) is 5.91 Å². The molecule has 7 nitrogen and oxygen atoms in total. The van der Waals surface area contributed by atoms with E-state index in [9.17, 15) is 18.8 Å². The van der Waals surface area contributed by atoms with Gasteiger partial charge in [0.25, 0.3) is 5.91 Å². The van der Waals surface area contributed by atoms with Crippen LogP contribution in [0.25, 0.3) is 6.08 Å². The van der Waals surface area contributed by atoms with E-state index in [0.717, 1.165) is 25.2 Å². The normalized spacial score (nSPS) is 17.8. The van der Waals surface area contributed by atoms with Crippen molar-refractivity contribution in [1.82, 2.24) is 14.7 Å². The third kappa shape index (κ3) is 7.14. The number of allylic oxidation sites excluding steroid dienone is 1. The number of hydrogen-bond acceptors (Lipinski definition) is 5. The van der Waals surface area contributed by atoms with Gasteiger partial charge in [0, 0.05) is 56.3 Å². The van der Waals surface area contributed by atoms with E-state index in [1.807, 2.05) is 35.2 Å². The van der Waals surface area contributed by atoms with Gasteiger partial charge in [-0.1, -0.05) is 72.8 Å². The Balaban J connectivity index is 1.22. The lowest BCUT2D eigenvalue weighted by Gasteiger charge is -2.35. The first-order valence-corrected chi connectivity index (χ1v) is 15.1. The molecule has 2 heterocycles. The number of hydrogen-bond donors (Lipinski definition) is 0. The van der Waals surface area contributed by atoms with Gasteiger partial charge in [0.15, 0.2) is 0 Å². The first kappa shape index (κ1) is 30.9. The molecule has 228 valence electrons. The van der Waals surface area contributed by atoms with Gasteiger partial charge >= 0.3 is 5.97 Å². The van der Waals surface area contributed by atoms with Crippen molar-refractivity contribution >= 4 is 23.9 Å². The molecule has 44 heavy (non-hydrogen) atoms. The van der Waals surface area contributed by atoms with Crippen LogP contribution in [0, 0.1) is 5.82 Å². The van der Waals surface area contributed by atoms with Crippen LogP contribution in [0.2, 0.25) is 0 Å². The number of benzene rings is 3. The van der Waals surface area contributed by atoms with Gasteiger partial charge in [0.05, 0.1) is 18.7 Å². The van der Waals surface area contributed by atoms with Crippen molar-refractivity contribution in [2.75, 3.05) is 39.3 Å². The Hall–Kier alpha value is -4.56. The second kappa shape index (κ2) is 14.3. The van der Waals surface area contributed by atoms with Gasteiger partial charge in [-0.3, -0.25) is 14.5 Å². The number of amides is 2. The van der Waals surface area contributed by atoms with Gasteiger partial charge in [-0.05, 0) is 48.7 Å². The zero-order valence-corrected chi connectivity index (χ0v) is 25.2. The van der Waals surface area contributed by atoms with Crippen LogP contribution in [-0.2, 0) is 20.9 Å². The standard InChI is InChI=1S/C36H38FN3O4/c1-3-44-36(43)34-26(2)40(33(41)24-31(34)30-13-7-8-14-32(30)37)25-28-15-17-29(18-16-28)35(42)39-22-20-38(21-23-39)19-9-12-27-10-5-4-6-11-27/h4-18,31H,3,19-25H2,1-2H3. The number of ether oxygens (including phenoxy) is 1. The van der Waals surface area contributed by atoms with Crippen LogP contribution in [0.5, 0.6) is 0 Å². The molecule has 0 aromatic heterocycles. The van der Waals surface area contributed by atoms with Gasteiger partial charge in [-0.15, -0.1) is 0 Å². The van der Waals surface area contributed by atoms with Crippen LogP contribution in [0.1, 0.15) is 53.2 Å². The predicted octanol–water partition coefficient (Wildman–Crippen LogP) is 5.65. The lowest BCUT2D eigenvalue weighted by molar-refractivity contribution is -0.140. The topological polar surface area (TPSA) is 70.2 Å². The van der Waals surface area contributed by atoms with Crippen LogP contribution in [0.15, 0.2) is 96.2 Å². The van der Waals surface area contributed by atoms with Crippen molar-refractivity contribution in [3.63, 3.8) is 0 Å². The van der Waals surface area contributed by atoms with Crippen molar-refractivity contribution < 1.29 is 23.5 Å². The molecule has 3 aromatic rings. The molecule has 0 spiro atoms. The first-order valence-electron chi connectivity index (χ1n) is 15.1. The molecule has 1 saturated heterocycles. The number of esters is 1. The molecule has 2 aliphatic heterocycles. The molecule has 1 unspecified atom stereocenters. The SMILES string of the molecule is CCOC(=O)C1=C(C)N(Cc2ccc(C(=O)N3CCN(CC=Cc4ccccc4)CC3)cc2)C(=O)CC1c1ccccc1F. The minimum absolute atomic E-state index is 0.0153. The summed E-state index contributed by atoms with van der Waals surface area (Å²) in [6.07, 6.45) is 4.23. The number of rotatable bonds is 9. The summed E-state index contributed by atoms with van der Waals surface area (Å²) >= 11 is 0. The summed E-state index contributed by atoms with van der Waals surface area (Å²) in [7, 11) is 0. The zero-order valence-electron chi connectivity index (χ0n) is 25.2. The highest BCUT2D eigenvalue weighted by Gasteiger charge is 2.38. The number of carbonyl (C=O) groups excluding carboxylic acids is 3. The van der Waals surface area contributed by atoms with Crippen LogP contribution >= 0.6 is 0 Å². The fourth-order valence-electron chi connectivity index (χ4n) is 5.85. The Morgan fingerprint density at radius 1 is 0.932 bits per heavy atom. The van der Waals surface area contributed by atoms with E-state index in [-0.39, 0.29) is 37.0 Å². The molecule has 5 rings (SSSR count). The smallest absolute Gasteiger partial charge is 0.336 e. The first-order chi connectivity index (χ1) is 21.4. The molecular weight excluding hydrogens is 557 g/mol. The molecule has 8 heteroatoms. The van der Waals surface area contributed by atoms with Crippen LogP contribution in [0.3, 0.4) is 0 Å². The molecule has 1 fully saturated rings. The minimum Gasteiger partial charge on any atom is -0.463 e. The number of halogens is 1. The number of piperazine rings is 1. The maximum atomic E-state index is 14.7. The quantitative estimate of drug-likeness (QED) is 0.299. The van der Waals surface area contributed by atoms with Crippen LogP contribution in [-0.4, -0.2) is 71.8 Å². The van der Waals surface area contributed by atoms with Gasteiger partial charge in [0.1, 0.15) is 5.82 Å². The van der Waals surface area contributed by atoms with Gasteiger partial charge < -0.3 is 14.5 Å². The average Bonchev–Trinajstić information content (AvgIpc) is 3.04. The molecule has 1 atom stereocenters. The molecule has 0 saturated carbocycles. The zero-order chi connectivity index (χ0) is 31.1. The molecule has 0 bridgehead atoms. The van der Waals surface area contributed by atoms with Crippen molar-refractivity contribution in [2.24, 2.45) is 0 Å². The van der Waals surface area contributed by atoms with E-state index < -0.39 is 17.7 Å². The lowest BCUT2D eigenvalue weighted by Crippen LogP contribution is -2.48. The third-order valence-corrected chi connectivity index (χ3v) is 8.27. The van der Waals surface area contributed by atoms with Crippen LogP contribution in [0.4, 0.5) is 4.39 Å². The molecule has 0 N–H and O–H groups in total. The van der Waals surface area contributed by atoms with Crippen molar-refractivity contribution in [2.45, 2.75) is 32.7 Å². The predicted molar refractivity (Wildman–Crippen MR) is 168 cm³/mol. The monoisotopic (exact) mass is 595 g/mol.